The molecule has 0 radical (unpaired) electrons. The van der Waals surface area contributed by atoms with E-state index in [0.29, 0.717) is 22.3 Å². The number of carbonyl (C=O) groups excluding carboxylic acids is 1. The monoisotopic (exact) mass is 296 g/mol. The number of hydrogen-bond donors (Lipinski definition) is 0. The van der Waals surface area contributed by atoms with Gasteiger partial charge in [-0.2, -0.15) is 5.10 Å². The molecule has 0 amide bonds. The molecule has 1 aliphatic heterocycles. The van der Waals surface area contributed by atoms with Gasteiger partial charge < -0.3 is 9.15 Å². The summed E-state index contributed by atoms with van der Waals surface area (Å²) >= 11 is 0. The maximum absolute atomic E-state index is 12.4. The predicted octanol–water partition coefficient (Wildman–Crippen LogP) is 1.97. The van der Waals surface area contributed by atoms with E-state index in [-0.39, 0.29) is 12.4 Å². The van der Waals surface area contributed by atoms with Crippen molar-refractivity contribution in [1.82, 2.24) is 9.78 Å². The van der Waals surface area contributed by atoms with Gasteiger partial charge in [-0.05, 0) is 17.7 Å². The Morgan fingerprint density at radius 2 is 2.09 bits per heavy atom. The fourth-order valence-electron chi connectivity index (χ4n) is 2.88. The number of benzene rings is 1. The van der Waals surface area contributed by atoms with Crippen LogP contribution in [0.4, 0.5) is 0 Å². The molecule has 2 aromatic heterocycles. The van der Waals surface area contributed by atoms with Crippen molar-refractivity contribution < 1.29 is 13.9 Å². The molecule has 0 bridgehead atoms. The molecular weight excluding hydrogens is 284 g/mol. The van der Waals surface area contributed by atoms with Gasteiger partial charge in [0.15, 0.2) is 5.75 Å². The Morgan fingerprint density at radius 3 is 2.86 bits per heavy atom. The number of fused-ring (bicyclic) bond motifs is 3. The van der Waals surface area contributed by atoms with Crippen molar-refractivity contribution in [3.05, 3.63) is 58.2 Å². The average molecular weight is 296 g/mol. The third kappa shape index (κ3) is 1.84. The van der Waals surface area contributed by atoms with Crippen LogP contribution < -0.4 is 10.4 Å². The Balaban J connectivity index is 2.03. The molecule has 1 unspecified atom stereocenters. The maximum Gasteiger partial charge on any atom is 0.343 e. The number of esters is 1. The number of hydrogen-bond acceptors (Lipinski definition) is 5. The Morgan fingerprint density at radius 1 is 1.27 bits per heavy atom. The molecule has 0 saturated heterocycles. The van der Waals surface area contributed by atoms with Crippen LogP contribution in [0.3, 0.4) is 0 Å². The van der Waals surface area contributed by atoms with Gasteiger partial charge in [-0.15, -0.1) is 0 Å². The van der Waals surface area contributed by atoms with E-state index in [1.54, 1.807) is 42.3 Å². The molecule has 3 aromatic rings. The highest BCUT2D eigenvalue weighted by atomic mass is 16.5. The van der Waals surface area contributed by atoms with Crippen LogP contribution in [-0.4, -0.2) is 15.7 Å². The van der Waals surface area contributed by atoms with Gasteiger partial charge in [0.2, 0.25) is 0 Å². The fraction of sp³-hybridized carbons (Fsp3) is 0.188. The van der Waals surface area contributed by atoms with E-state index in [4.69, 9.17) is 9.15 Å². The molecule has 6 heteroatoms. The minimum Gasteiger partial charge on any atom is -0.425 e. The molecule has 3 heterocycles. The number of para-hydroxylation sites is 1. The minimum absolute atomic E-state index is 0.0990. The maximum atomic E-state index is 12.4. The Kier molecular flexibility index (Phi) is 2.66. The van der Waals surface area contributed by atoms with Gasteiger partial charge in [-0.25, -0.2) is 4.79 Å². The summed E-state index contributed by atoms with van der Waals surface area (Å²) in [6, 6.07) is 7.03. The van der Waals surface area contributed by atoms with Gasteiger partial charge in [0.1, 0.15) is 5.58 Å². The number of aryl methyl sites for hydroxylation is 1. The summed E-state index contributed by atoms with van der Waals surface area (Å²) in [5, 5.41) is 4.74. The second kappa shape index (κ2) is 4.56. The van der Waals surface area contributed by atoms with Crippen LogP contribution in [0.25, 0.3) is 11.0 Å². The van der Waals surface area contributed by atoms with E-state index < -0.39 is 11.5 Å². The van der Waals surface area contributed by atoms with Crippen LogP contribution in [0.2, 0.25) is 0 Å². The van der Waals surface area contributed by atoms with E-state index in [2.05, 4.69) is 5.10 Å². The van der Waals surface area contributed by atoms with E-state index in [9.17, 15) is 9.59 Å². The van der Waals surface area contributed by atoms with Crippen LogP contribution >= 0.6 is 0 Å². The second-order valence-electron chi connectivity index (χ2n) is 5.31. The minimum atomic E-state index is -0.477. The van der Waals surface area contributed by atoms with E-state index in [1.165, 1.54) is 0 Å². The van der Waals surface area contributed by atoms with Crippen molar-refractivity contribution in [2.24, 2.45) is 7.05 Å². The molecule has 1 aliphatic rings. The second-order valence-corrected chi connectivity index (χ2v) is 5.31. The molecule has 0 fully saturated rings. The van der Waals surface area contributed by atoms with Crippen LogP contribution in [0.5, 0.6) is 5.75 Å². The number of rotatable bonds is 1. The number of aromatic nitrogens is 2. The Labute approximate surface area is 124 Å². The SMILES string of the molecule is Cn1cc(C2CC(=O)Oc3c2c(=O)oc2ccccc32)cn1. The normalized spacial score (nSPS) is 17.3. The quantitative estimate of drug-likeness (QED) is 0.507. The first-order chi connectivity index (χ1) is 10.6. The summed E-state index contributed by atoms with van der Waals surface area (Å²) < 4.78 is 12.4. The summed E-state index contributed by atoms with van der Waals surface area (Å²) in [4.78, 5) is 24.4. The lowest BCUT2D eigenvalue weighted by molar-refractivity contribution is -0.135. The largest absolute Gasteiger partial charge is 0.425 e. The lowest BCUT2D eigenvalue weighted by Crippen LogP contribution is -2.26. The van der Waals surface area contributed by atoms with Crippen molar-refractivity contribution in [3.63, 3.8) is 0 Å². The van der Waals surface area contributed by atoms with E-state index >= 15 is 0 Å². The first-order valence-electron chi connectivity index (χ1n) is 6.88. The van der Waals surface area contributed by atoms with Crippen molar-refractivity contribution in [2.45, 2.75) is 12.3 Å². The number of carbonyl (C=O) groups is 1. The summed E-state index contributed by atoms with van der Waals surface area (Å²) in [5.41, 5.74) is 1.11. The third-order valence-corrected chi connectivity index (χ3v) is 3.86. The van der Waals surface area contributed by atoms with Gasteiger partial charge in [-0.3, -0.25) is 9.48 Å². The molecule has 0 saturated carbocycles. The molecule has 4 rings (SSSR count). The molecule has 22 heavy (non-hydrogen) atoms. The van der Waals surface area contributed by atoms with Crippen molar-refractivity contribution in [1.29, 1.82) is 0 Å². The van der Waals surface area contributed by atoms with Crippen molar-refractivity contribution in [3.8, 4) is 5.75 Å². The molecule has 110 valence electrons. The van der Waals surface area contributed by atoms with Gasteiger partial charge in [0, 0.05) is 19.2 Å². The molecule has 1 aromatic carbocycles. The van der Waals surface area contributed by atoms with Gasteiger partial charge >= 0.3 is 11.6 Å². The van der Waals surface area contributed by atoms with Gasteiger partial charge in [0.25, 0.3) is 0 Å². The topological polar surface area (TPSA) is 74.3 Å². The van der Waals surface area contributed by atoms with E-state index in [1.807, 2.05) is 6.07 Å². The summed E-state index contributed by atoms with van der Waals surface area (Å²) in [6.07, 6.45) is 3.55. The van der Waals surface area contributed by atoms with Crippen LogP contribution in [0, 0.1) is 0 Å². The lowest BCUT2D eigenvalue weighted by Gasteiger charge is -2.23. The fourth-order valence-corrected chi connectivity index (χ4v) is 2.88. The smallest absolute Gasteiger partial charge is 0.343 e. The Hall–Kier alpha value is -2.89. The highest BCUT2D eigenvalue weighted by Gasteiger charge is 2.34. The lowest BCUT2D eigenvalue weighted by atomic mass is 9.88. The average Bonchev–Trinajstić information content (AvgIpc) is 2.93. The third-order valence-electron chi connectivity index (χ3n) is 3.86. The molecule has 0 spiro atoms. The van der Waals surface area contributed by atoms with Crippen LogP contribution in [-0.2, 0) is 11.8 Å². The highest BCUT2D eigenvalue weighted by Crippen LogP contribution is 2.40. The van der Waals surface area contributed by atoms with Crippen LogP contribution in [0.15, 0.2) is 45.9 Å². The van der Waals surface area contributed by atoms with E-state index in [0.717, 1.165) is 5.56 Å². The van der Waals surface area contributed by atoms with Crippen molar-refractivity contribution in [2.75, 3.05) is 0 Å². The van der Waals surface area contributed by atoms with Gasteiger partial charge in [0.05, 0.1) is 23.6 Å². The summed E-state index contributed by atoms with van der Waals surface area (Å²) in [6.45, 7) is 0. The first-order valence-corrected chi connectivity index (χ1v) is 6.88. The van der Waals surface area contributed by atoms with Crippen LogP contribution in [0.1, 0.15) is 23.5 Å². The summed E-state index contributed by atoms with van der Waals surface area (Å²) in [7, 11) is 1.79. The Bertz CT molecular complexity index is 954. The zero-order valence-electron chi connectivity index (χ0n) is 11.8. The summed E-state index contributed by atoms with van der Waals surface area (Å²) in [5.74, 6) is -0.458. The molecule has 0 N–H and O–H groups in total. The number of ether oxygens (including phenoxy) is 1. The van der Waals surface area contributed by atoms with Gasteiger partial charge in [-0.1, -0.05) is 12.1 Å². The molecule has 6 nitrogen and oxygen atoms in total. The zero-order valence-corrected chi connectivity index (χ0v) is 11.8. The van der Waals surface area contributed by atoms with Crippen molar-refractivity contribution >= 4 is 16.9 Å². The predicted molar refractivity (Wildman–Crippen MR) is 77.8 cm³/mol. The zero-order chi connectivity index (χ0) is 15.3. The molecule has 1 atom stereocenters. The standard InChI is InChI=1S/C16H12N2O4/c1-18-8-9(7-17-18)11-6-13(19)22-15-10-4-2-3-5-12(10)21-16(20)14(11)15/h2-5,7-8,11H,6H2,1H3. The highest BCUT2D eigenvalue weighted by molar-refractivity contribution is 5.90. The first kappa shape index (κ1) is 12.8. The molecular formula is C16H12N2O4. The number of nitrogens with zero attached hydrogens (tertiary/aromatic N) is 2. The molecule has 0 aliphatic carbocycles.